The molecule has 0 aromatic heterocycles. The Morgan fingerprint density at radius 1 is 1.00 bits per heavy atom. The van der Waals surface area contributed by atoms with Crippen LogP contribution in [0.25, 0.3) is 5.76 Å². The molecule has 3 aromatic rings. The lowest BCUT2D eigenvalue weighted by molar-refractivity contribution is -0.140. The fourth-order valence-corrected chi connectivity index (χ4v) is 4.87. The molecule has 1 N–H and O–H groups in total. The number of aliphatic hydroxyl groups is 1. The van der Waals surface area contributed by atoms with E-state index in [1.807, 2.05) is 37.3 Å². The molecule has 1 aliphatic heterocycles. The van der Waals surface area contributed by atoms with Crippen LogP contribution in [0.15, 0.2) is 78.4 Å². The van der Waals surface area contributed by atoms with Crippen LogP contribution < -0.4 is 4.74 Å². The molecule has 1 unspecified atom stereocenters. The molecule has 1 atom stereocenters. The summed E-state index contributed by atoms with van der Waals surface area (Å²) in [4.78, 5) is 30.2. The SMILES string of the molecule is CCN(CC)CCN1C(=O)C(=O)/C(=C(/O)c2ccc(OCc3ccccc3)c(C)c2)C1c1ccc(Cl)cc1. The van der Waals surface area contributed by atoms with E-state index in [0.717, 1.165) is 24.2 Å². The monoisotopic (exact) mass is 532 g/mol. The number of ketones is 1. The lowest BCUT2D eigenvalue weighted by atomic mass is 9.95. The molecule has 0 radical (unpaired) electrons. The molecule has 1 fully saturated rings. The maximum Gasteiger partial charge on any atom is 0.295 e. The minimum absolute atomic E-state index is 0.0780. The van der Waals surface area contributed by atoms with E-state index >= 15 is 0 Å². The molecule has 6 nitrogen and oxygen atoms in total. The fraction of sp³-hybridized carbons (Fsp3) is 0.290. The van der Waals surface area contributed by atoms with E-state index in [4.69, 9.17) is 16.3 Å². The summed E-state index contributed by atoms with van der Waals surface area (Å²) in [6.45, 7) is 9.08. The van der Waals surface area contributed by atoms with E-state index in [2.05, 4.69) is 18.7 Å². The summed E-state index contributed by atoms with van der Waals surface area (Å²) in [7, 11) is 0. The van der Waals surface area contributed by atoms with Crippen LogP contribution in [0.5, 0.6) is 5.75 Å². The number of aryl methyl sites for hydroxylation is 1. The van der Waals surface area contributed by atoms with Gasteiger partial charge in [-0.1, -0.05) is 67.9 Å². The van der Waals surface area contributed by atoms with Crippen LogP contribution in [0.4, 0.5) is 0 Å². The normalized spacial score (nSPS) is 16.9. The fourth-order valence-electron chi connectivity index (χ4n) is 4.74. The Kier molecular flexibility index (Phi) is 8.87. The van der Waals surface area contributed by atoms with Gasteiger partial charge in [-0.15, -0.1) is 0 Å². The Hall–Kier alpha value is -3.61. The van der Waals surface area contributed by atoms with Gasteiger partial charge in [0.2, 0.25) is 0 Å². The predicted molar refractivity (Wildman–Crippen MR) is 150 cm³/mol. The van der Waals surface area contributed by atoms with Crippen molar-refractivity contribution < 1.29 is 19.4 Å². The Bertz CT molecular complexity index is 1320. The van der Waals surface area contributed by atoms with Crippen molar-refractivity contribution in [3.8, 4) is 5.75 Å². The number of ether oxygens (including phenoxy) is 1. The number of benzene rings is 3. The Morgan fingerprint density at radius 2 is 1.68 bits per heavy atom. The van der Waals surface area contributed by atoms with E-state index in [1.165, 1.54) is 0 Å². The minimum Gasteiger partial charge on any atom is -0.507 e. The zero-order chi connectivity index (χ0) is 27.2. The summed E-state index contributed by atoms with van der Waals surface area (Å²) in [6.07, 6.45) is 0. The number of hydrogen-bond acceptors (Lipinski definition) is 5. The highest BCUT2D eigenvalue weighted by atomic mass is 35.5. The van der Waals surface area contributed by atoms with Gasteiger partial charge in [0.05, 0.1) is 11.6 Å². The molecule has 0 saturated carbocycles. The Morgan fingerprint density at radius 3 is 2.32 bits per heavy atom. The van der Waals surface area contributed by atoms with Gasteiger partial charge in [0.15, 0.2) is 0 Å². The molecule has 3 aromatic carbocycles. The van der Waals surface area contributed by atoms with Crippen molar-refractivity contribution in [2.75, 3.05) is 26.2 Å². The summed E-state index contributed by atoms with van der Waals surface area (Å²) >= 11 is 6.12. The zero-order valence-electron chi connectivity index (χ0n) is 22.0. The van der Waals surface area contributed by atoms with Crippen LogP contribution in [-0.4, -0.2) is 52.8 Å². The molecule has 0 bridgehead atoms. The summed E-state index contributed by atoms with van der Waals surface area (Å²) in [5.74, 6) is -0.826. The van der Waals surface area contributed by atoms with Gasteiger partial charge in [-0.25, -0.2) is 0 Å². The van der Waals surface area contributed by atoms with E-state index in [-0.39, 0.29) is 11.3 Å². The molecule has 4 rings (SSSR count). The number of Topliss-reactive ketones (excluding diaryl/α,β-unsaturated/α-hetero) is 1. The number of aliphatic hydroxyl groups excluding tert-OH is 1. The van der Waals surface area contributed by atoms with Crippen LogP contribution in [-0.2, 0) is 16.2 Å². The third kappa shape index (κ3) is 5.93. The van der Waals surface area contributed by atoms with Crippen molar-refractivity contribution >= 4 is 29.1 Å². The number of amides is 1. The number of likely N-dealkylation sites (tertiary alicyclic amines) is 1. The molecule has 0 spiro atoms. The first-order valence-corrected chi connectivity index (χ1v) is 13.3. The maximum absolute atomic E-state index is 13.3. The third-order valence-electron chi connectivity index (χ3n) is 6.96. The Balaban J connectivity index is 1.68. The molecule has 1 saturated heterocycles. The van der Waals surface area contributed by atoms with Gasteiger partial charge >= 0.3 is 0 Å². The highest BCUT2D eigenvalue weighted by Gasteiger charge is 2.46. The smallest absolute Gasteiger partial charge is 0.295 e. The van der Waals surface area contributed by atoms with Crippen LogP contribution in [0.2, 0.25) is 5.02 Å². The van der Waals surface area contributed by atoms with Crippen molar-refractivity contribution in [3.63, 3.8) is 0 Å². The van der Waals surface area contributed by atoms with Crippen molar-refractivity contribution in [1.29, 1.82) is 0 Å². The van der Waals surface area contributed by atoms with E-state index in [9.17, 15) is 14.7 Å². The number of likely N-dealkylation sites (N-methyl/N-ethyl adjacent to an activating group) is 1. The van der Waals surface area contributed by atoms with Crippen molar-refractivity contribution in [3.05, 3.63) is 106 Å². The first-order chi connectivity index (χ1) is 18.3. The number of carbonyl (C=O) groups is 2. The van der Waals surface area contributed by atoms with Gasteiger partial charge in [-0.05, 0) is 67.0 Å². The highest BCUT2D eigenvalue weighted by molar-refractivity contribution is 6.46. The average Bonchev–Trinajstić information content (AvgIpc) is 3.18. The van der Waals surface area contributed by atoms with Crippen molar-refractivity contribution in [2.24, 2.45) is 0 Å². The topological polar surface area (TPSA) is 70.1 Å². The number of nitrogens with zero attached hydrogens (tertiary/aromatic N) is 2. The number of halogens is 1. The highest BCUT2D eigenvalue weighted by Crippen LogP contribution is 2.40. The number of hydrogen-bond donors (Lipinski definition) is 1. The van der Waals surface area contributed by atoms with E-state index in [1.54, 1.807) is 47.4 Å². The van der Waals surface area contributed by atoms with E-state index < -0.39 is 17.7 Å². The van der Waals surface area contributed by atoms with Crippen LogP contribution in [0.3, 0.4) is 0 Å². The molecule has 7 heteroatoms. The molecular formula is C31H33ClN2O4. The van der Waals surface area contributed by atoms with Gasteiger partial charge in [0, 0.05) is 23.7 Å². The largest absolute Gasteiger partial charge is 0.507 e. The summed E-state index contributed by atoms with van der Waals surface area (Å²) < 4.78 is 5.97. The minimum atomic E-state index is -0.711. The third-order valence-corrected chi connectivity index (χ3v) is 7.21. The molecule has 1 aliphatic rings. The second-order valence-corrected chi connectivity index (χ2v) is 9.76. The van der Waals surface area contributed by atoms with Gasteiger partial charge < -0.3 is 19.6 Å². The molecular weight excluding hydrogens is 500 g/mol. The van der Waals surface area contributed by atoms with Crippen molar-refractivity contribution in [2.45, 2.75) is 33.4 Å². The molecule has 198 valence electrons. The first kappa shape index (κ1) is 27.4. The maximum atomic E-state index is 13.3. The lowest BCUT2D eigenvalue weighted by Gasteiger charge is -2.28. The summed E-state index contributed by atoms with van der Waals surface area (Å²) in [5, 5.41) is 12.0. The van der Waals surface area contributed by atoms with Crippen molar-refractivity contribution in [1.82, 2.24) is 9.80 Å². The summed E-state index contributed by atoms with van der Waals surface area (Å²) in [6, 6.07) is 21.5. The van der Waals surface area contributed by atoms with Gasteiger partial charge in [0.25, 0.3) is 11.7 Å². The van der Waals surface area contributed by atoms with Crippen LogP contribution in [0.1, 0.15) is 42.1 Å². The second-order valence-electron chi connectivity index (χ2n) is 9.33. The molecule has 1 amide bonds. The van der Waals surface area contributed by atoms with Gasteiger partial charge in [0.1, 0.15) is 18.1 Å². The number of carbonyl (C=O) groups excluding carboxylic acids is 2. The second kappa shape index (κ2) is 12.3. The predicted octanol–water partition coefficient (Wildman–Crippen LogP) is 5.99. The summed E-state index contributed by atoms with van der Waals surface area (Å²) in [5.41, 5.74) is 3.11. The zero-order valence-corrected chi connectivity index (χ0v) is 22.7. The van der Waals surface area contributed by atoms with Crippen LogP contribution >= 0.6 is 11.6 Å². The molecule has 1 heterocycles. The van der Waals surface area contributed by atoms with E-state index in [0.29, 0.717) is 41.6 Å². The van der Waals surface area contributed by atoms with Crippen LogP contribution in [0, 0.1) is 6.92 Å². The van der Waals surface area contributed by atoms with Gasteiger partial charge in [-0.2, -0.15) is 0 Å². The quantitative estimate of drug-likeness (QED) is 0.197. The Labute approximate surface area is 229 Å². The number of rotatable bonds is 10. The molecule has 0 aliphatic carbocycles. The first-order valence-electron chi connectivity index (χ1n) is 12.9. The standard InChI is InChI=1S/C31H33ClN2O4/c1-4-33(5-2)17-18-34-28(23-11-14-25(32)15-12-23)27(30(36)31(34)37)29(35)24-13-16-26(21(3)19-24)38-20-22-9-7-6-8-10-22/h6-16,19,28,35H,4-5,17-18,20H2,1-3H3/b29-27+. The average molecular weight is 533 g/mol. The lowest BCUT2D eigenvalue weighted by Crippen LogP contribution is -2.38. The molecule has 38 heavy (non-hydrogen) atoms. The van der Waals surface area contributed by atoms with Gasteiger partial charge in [-0.3, -0.25) is 9.59 Å².